The third-order valence-electron chi connectivity index (χ3n) is 7.38. The summed E-state index contributed by atoms with van der Waals surface area (Å²) in [5.74, 6) is -1.91. The van der Waals surface area contributed by atoms with Gasteiger partial charge < -0.3 is 14.6 Å². The normalized spacial score (nSPS) is 19.9. The van der Waals surface area contributed by atoms with E-state index in [1.807, 2.05) is 48.5 Å². The van der Waals surface area contributed by atoms with Crippen molar-refractivity contribution in [2.24, 2.45) is 0 Å². The molecule has 1 amide bonds. The van der Waals surface area contributed by atoms with E-state index in [1.54, 1.807) is 16.8 Å². The molecule has 13 heteroatoms. The van der Waals surface area contributed by atoms with Crippen LogP contribution in [0.15, 0.2) is 70.5 Å². The number of alkyl halides is 3. The second kappa shape index (κ2) is 8.37. The first-order chi connectivity index (χ1) is 18.7. The Labute approximate surface area is 223 Å². The number of benzene rings is 2. The fourth-order valence-corrected chi connectivity index (χ4v) is 6.77. The van der Waals surface area contributed by atoms with Gasteiger partial charge in [0.15, 0.2) is 17.3 Å². The minimum absolute atomic E-state index is 0.0321. The zero-order chi connectivity index (χ0) is 27.1. The quantitative estimate of drug-likeness (QED) is 0.386. The molecule has 2 aromatic heterocycles. The van der Waals surface area contributed by atoms with E-state index in [9.17, 15) is 27.9 Å². The van der Waals surface area contributed by atoms with Crippen molar-refractivity contribution in [2.45, 2.75) is 42.1 Å². The molecule has 2 aromatic carbocycles. The highest BCUT2D eigenvalue weighted by Gasteiger charge is 2.49. The van der Waals surface area contributed by atoms with Crippen molar-refractivity contribution in [1.82, 2.24) is 24.3 Å². The number of aromatic nitrogens is 4. The van der Waals surface area contributed by atoms with Crippen LogP contribution in [0.3, 0.4) is 0 Å². The number of hydrogen-bond acceptors (Lipinski definition) is 7. The number of thioether (sulfide) groups is 1. The van der Waals surface area contributed by atoms with Crippen molar-refractivity contribution in [3.8, 4) is 5.75 Å². The Morgan fingerprint density at radius 1 is 0.974 bits per heavy atom. The van der Waals surface area contributed by atoms with Gasteiger partial charge in [-0.1, -0.05) is 42.5 Å². The van der Waals surface area contributed by atoms with Gasteiger partial charge in [0.25, 0.3) is 5.91 Å². The Morgan fingerprint density at radius 2 is 1.72 bits per heavy atom. The van der Waals surface area contributed by atoms with Crippen molar-refractivity contribution in [1.29, 1.82) is 0 Å². The van der Waals surface area contributed by atoms with Gasteiger partial charge in [0, 0.05) is 22.9 Å². The fraction of sp³-hybridized carbons (Fsp3) is 0.231. The molecule has 0 fully saturated rings. The van der Waals surface area contributed by atoms with Crippen LogP contribution in [0.5, 0.6) is 5.75 Å². The maximum absolute atomic E-state index is 13.9. The van der Waals surface area contributed by atoms with Crippen molar-refractivity contribution in [3.63, 3.8) is 0 Å². The number of hydrogen-bond donors (Lipinski definition) is 1. The first-order valence-corrected chi connectivity index (χ1v) is 13.1. The van der Waals surface area contributed by atoms with Gasteiger partial charge in [-0.25, -0.2) is 0 Å². The van der Waals surface area contributed by atoms with Crippen LogP contribution in [0.2, 0.25) is 0 Å². The number of pyridine rings is 1. The highest BCUT2D eigenvalue weighted by Crippen LogP contribution is 2.45. The summed E-state index contributed by atoms with van der Waals surface area (Å²) in [6, 6.07) is 16.1. The molecule has 0 saturated carbocycles. The van der Waals surface area contributed by atoms with Gasteiger partial charge in [0.05, 0.1) is 19.1 Å². The van der Waals surface area contributed by atoms with E-state index in [0.717, 1.165) is 32.2 Å². The van der Waals surface area contributed by atoms with E-state index in [0.29, 0.717) is 5.75 Å². The molecule has 0 radical (unpaired) electrons. The molecule has 7 rings (SSSR count). The predicted octanol–water partition coefficient (Wildman–Crippen LogP) is 3.49. The molecule has 198 valence electrons. The molecule has 0 unspecified atom stereocenters. The van der Waals surface area contributed by atoms with E-state index in [2.05, 4.69) is 10.2 Å². The maximum Gasteiger partial charge on any atom is 0.451 e. The lowest BCUT2D eigenvalue weighted by atomic mass is 9.93. The van der Waals surface area contributed by atoms with Crippen molar-refractivity contribution >= 4 is 17.7 Å². The number of carbonyl (C=O) groups is 1. The molecule has 0 bridgehead atoms. The van der Waals surface area contributed by atoms with Crippen LogP contribution < -0.4 is 10.4 Å². The van der Waals surface area contributed by atoms with E-state index in [1.165, 1.54) is 15.8 Å². The van der Waals surface area contributed by atoms with Crippen LogP contribution in [-0.2, 0) is 25.0 Å². The number of nitrogens with zero attached hydrogens (tertiary/aromatic N) is 6. The number of rotatable bonds is 1. The summed E-state index contributed by atoms with van der Waals surface area (Å²) < 4.78 is 44.0. The lowest BCUT2D eigenvalue weighted by molar-refractivity contribution is -0.148. The van der Waals surface area contributed by atoms with Crippen LogP contribution >= 0.6 is 11.8 Å². The van der Waals surface area contributed by atoms with E-state index >= 15 is 0 Å². The van der Waals surface area contributed by atoms with Crippen LogP contribution in [0.25, 0.3) is 0 Å². The van der Waals surface area contributed by atoms with Gasteiger partial charge in [-0.05, 0) is 22.8 Å². The maximum atomic E-state index is 13.9. The molecule has 1 N–H and O–H groups in total. The van der Waals surface area contributed by atoms with E-state index in [4.69, 9.17) is 0 Å². The minimum atomic E-state index is -4.74. The predicted molar refractivity (Wildman–Crippen MR) is 134 cm³/mol. The van der Waals surface area contributed by atoms with Gasteiger partial charge in [0.1, 0.15) is 6.17 Å². The second-order valence-electron chi connectivity index (χ2n) is 9.49. The molecular weight excluding hydrogens is 533 g/mol. The SMILES string of the molecule is O=C1c2c(O)c(=O)ccn2N([C@H]2c3ccccc3CSc3ccccc32)[C@@H]2Cn3c(nnc3C(F)(F)F)CN12. The summed E-state index contributed by atoms with van der Waals surface area (Å²) >= 11 is 1.64. The van der Waals surface area contributed by atoms with Crippen molar-refractivity contribution in [3.05, 3.63) is 105 Å². The Kier molecular flexibility index (Phi) is 5.11. The third-order valence-corrected chi connectivity index (χ3v) is 8.52. The Bertz CT molecular complexity index is 1670. The number of amides is 1. The largest absolute Gasteiger partial charge is 0.502 e. The van der Waals surface area contributed by atoms with Crippen LogP contribution in [0.1, 0.15) is 44.9 Å². The number of aromatic hydroxyl groups is 1. The van der Waals surface area contributed by atoms with Gasteiger partial charge in [0.2, 0.25) is 11.3 Å². The monoisotopic (exact) mass is 552 g/mol. The topological polar surface area (TPSA) is 96.5 Å². The van der Waals surface area contributed by atoms with E-state index in [-0.39, 0.29) is 24.6 Å². The first kappa shape index (κ1) is 23.8. The van der Waals surface area contributed by atoms with Crippen molar-refractivity contribution in [2.75, 3.05) is 5.01 Å². The molecule has 0 aliphatic carbocycles. The van der Waals surface area contributed by atoms with Gasteiger partial charge >= 0.3 is 6.18 Å². The van der Waals surface area contributed by atoms with Gasteiger partial charge in [-0.2, -0.15) is 13.2 Å². The van der Waals surface area contributed by atoms with Crippen molar-refractivity contribution < 1.29 is 23.1 Å². The van der Waals surface area contributed by atoms with Crippen LogP contribution in [0.4, 0.5) is 13.2 Å². The molecule has 3 aliphatic heterocycles. The summed E-state index contributed by atoms with van der Waals surface area (Å²) in [4.78, 5) is 28.5. The molecule has 5 heterocycles. The third kappa shape index (κ3) is 3.49. The Morgan fingerprint density at radius 3 is 2.51 bits per heavy atom. The molecule has 4 aromatic rings. The zero-order valence-corrected chi connectivity index (χ0v) is 20.9. The van der Waals surface area contributed by atoms with E-state index < -0.39 is 41.3 Å². The molecular formula is C26H19F3N6O3S. The first-order valence-electron chi connectivity index (χ1n) is 12.1. The zero-order valence-electron chi connectivity index (χ0n) is 20.0. The Hall–Kier alpha value is -4.26. The highest BCUT2D eigenvalue weighted by molar-refractivity contribution is 7.98. The average molecular weight is 553 g/mol. The summed E-state index contributed by atoms with van der Waals surface area (Å²) in [7, 11) is 0. The molecule has 9 nitrogen and oxygen atoms in total. The highest BCUT2D eigenvalue weighted by atomic mass is 32.2. The lowest BCUT2D eigenvalue weighted by Gasteiger charge is -2.51. The molecule has 3 aliphatic rings. The lowest BCUT2D eigenvalue weighted by Crippen LogP contribution is -2.65. The minimum Gasteiger partial charge on any atom is -0.502 e. The van der Waals surface area contributed by atoms with Gasteiger partial charge in [-0.15, -0.1) is 22.0 Å². The summed E-state index contributed by atoms with van der Waals surface area (Å²) in [6.45, 7) is -0.556. The summed E-state index contributed by atoms with van der Waals surface area (Å²) in [6.07, 6.45) is -4.27. The number of fused-ring (bicyclic) bond motifs is 5. The molecule has 39 heavy (non-hydrogen) atoms. The van der Waals surface area contributed by atoms with Crippen LogP contribution in [-0.4, -0.2) is 41.5 Å². The Balaban J connectivity index is 1.51. The summed E-state index contributed by atoms with van der Waals surface area (Å²) in [5.41, 5.74) is 1.82. The standard InChI is InChI=1S/C26H19F3N6O3S/c27-26(28,29)25-31-30-19-11-33-20(12-32(19)25)35(34-10-9-17(36)23(37)22(34)24(33)38)21-15-6-2-1-5-14(15)13-39-18-8-4-3-7-16(18)21/h1-10,20-21,37H,11-13H2/t20-,21+/m1/s1. The number of halogens is 3. The summed E-state index contributed by atoms with van der Waals surface area (Å²) in [5, 5.41) is 19.7. The second-order valence-corrected chi connectivity index (χ2v) is 10.5. The smallest absolute Gasteiger partial charge is 0.451 e. The number of carbonyl (C=O) groups excluding carboxylic acids is 1. The van der Waals surface area contributed by atoms with Crippen LogP contribution in [0, 0.1) is 0 Å². The fourth-order valence-electron chi connectivity index (χ4n) is 5.67. The molecule has 0 saturated heterocycles. The molecule has 2 atom stereocenters. The van der Waals surface area contributed by atoms with Gasteiger partial charge in [-0.3, -0.25) is 19.3 Å². The molecule has 0 spiro atoms. The average Bonchev–Trinajstić information content (AvgIpc) is 3.28.